The smallest absolute Gasteiger partial charge is 0.339 e. The van der Waals surface area contributed by atoms with Gasteiger partial charge in [-0.15, -0.1) is 0 Å². The van der Waals surface area contributed by atoms with Gasteiger partial charge in [-0.3, -0.25) is 4.79 Å². The predicted molar refractivity (Wildman–Crippen MR) is 170 cm³/mol. The molecule has 9 heteroatoms. The molecular weight excluding hydrogens is 576 g/mol. The molecule has 1 aliphatic rings. The van der Waals surface area contributed by atoms with Gasteiger partial charge in [0.25, 0.3) is 0 Å². The van der Waals surface area contributed by atoms with Crippen LogP contribution >= 0.6 is 0 Å². The summed E-state index contributed by atoms with van der Waals surface area (Å²) in [6.45, 7) is 1.37. The van der Waals surface area contributed by atoms with Gasteiger partial charge in [0.1, 0.15) is 11.3 Å². The lowest BCUT2D eigenvalue weighted by molar-refractivity contribution is -0.117. The van der Waals surface area contributed by atoms with Gasteiger partial charge in [0.05, 0.1) is 18.0 Å². The molecule has 1 aliphatic carbocycles. The first-order chi connectivity index (χ1) is 21.1. The highest BCUT2D eigenvalue weighted by atomic mass is 32.2. The number of phenols is 1. The van der Waals surface area contributed by atoms with Crippen LogP contribution in [0.5, 0.6) is 5.75 Å². The van der Waals surface area contributed by atoms with Gasteiger partial charge in [-0.25, -0.2) is 17.9 Å². The Balaban J connectivity index is 1.36. The summed E-state index contributed by atoms with van der Waals surface area (Å²) >= 11 is 0. The molecule has 3 N–H and O–H groups in total. The lowest BCUT2D eigenvalue weighted by Crippen LogP contribution is -2.40. The molecular formula is C35H36N2O6S. The van der Waals surface area contributed by atoms with E-state index >= 15 is 0 Å². The van der Waals surface area contributed by atoms with Gasteiger partial charge < -0.3 is 15.1 Å². The Morgan fingerprint density at radius 1 is 0.886 bits per heavy atom. The van der Waals surface area contributed by atoms with Crippen molar-refractivity contribution in [2.45, 2.75) is 56.4 Å². The van der Waals surface area contributed by atoms with E-state index in [1.165, 1.54) is 54.0 Å². The maximum atomic E-state index is 13.6. The lowest BCUT2D eigenvalue weighted by Gasteiger charge is -2.25. The summed E-state index contributed by atoms with van der Waals surface area (Å²) in [7, 11) is -4.04. The molecule has 1 saturated carbocycles. The van der Waals surface area contributed by atoms with Crippen LogP contribution in [0.15, 0.2) is 95.9 Å². The number of aromatic hydroxyl groups is 1. The number of anilines is 1. The fraction of sp³-hybridized carbons (Fsp3) is 0.257. The summed E-state index contributed by atoms with van der Waals surface area (Å²) in [5, 5.41) is 19.6. The van der Waals surface area contributed by atoms with E-state index < -0.39 is 34.2 Å². The van der Waals surface area contributed by atoms with E-state index in [2.05, 4.69) is 16.9 Å². The van der Waals surface area contributed by atoms with E-state index in [0.717, 1.165) is 35.1 Å². The van der Waals surface area contributed by atoms with E-state index in [1.54, 1.807) is 12.1 Å². The zero-order valence-corrected chi connectivity index (χ0v) is 25.4. The Hall–Kier alpha value is -4.47. The molecule has 8 nitrogen and oxygen atoms in total. The van der Waals surface area contributed by atoms with Gasteiger partial charge in [0.15, 0.2) is 0 Å². The van der Waals surface area contributed by atoms with Crippen LogP contribution in [0.4, 0.5) is 5.69 Å². The van der Waals surface area contributed by atoms with Gasteiger partial charge in [0.2, 0.25) is 15.9 Å². The molecule has 1 amide bonds. The van der Waals surface area contributed by atoms with Crippen LogP contribution in [0.25, 0.3) is 11.1 Å². The summed E-state index contributed by atoms with van der Waals surface area (Å²) in [4.78, 5) is 26.7. The van der Waals surface area contributed by atoms with E-state index in [4.69, 9.17) is 0 Å². The second kappa shape index (κ2) is 13.4. The number of carbonyl (C=O) groups is 2. The predicted octanol–water partition coefficient (Wildman–Crippen LogP) is 6.63. The molecule has 0 aliphatic heterocycles. The first-order valence-corrected chi connectivity index (χ1v) is 16.2. The van der Waals surface area contributed by atoms with Crippen molar-refractivity contribution in [2.75, 3.05) is 11.4 Å². The van der Waals surface area contributed by atoms with Crippen LogP contribution in [0, 0.1) is 6.92 Å². The summed E-state index contributed by atoms with van der Waals surface area (Å²) in [5.74, 6) is -1.83. The van der Waals surface area contributed by atoms with Gasteiger partial charge in [-0.2, -0.15) is 0 Å². The largest absolute Gasteiger partial charge is 0.507 e. The molecule has 0 bridgehead atoms. The van der Waals surface area contributed by atoms with Gasteiger partial charge in [-0.05, 0) is 83.8 Å². The maximum absolute atomic E-state index is 13.6. The highest BCUT2D eigenvalue weighted by molar-refractivity contribution is 7.89. The minimum Gasteiger partial charge on any atom is -0.507 e. The number of amides is 1. The van der Waals surface area contributed by atoms with Crippen molar-refractivity contribution in [1.29, 1.82) is 0 Å². The normalized spacial score (nSPS) is 13.8. The topological polar surface area (TPSA) is 124 Å². The van der Waals surface area contributed by atoms with Crippen molar-refractivity contribution in [3.8, 4) is 16.9 Å². The number of hydrogen-bond donors (Lipinski definition) is 3. The number of carboxylic acids is 1. The molecule has 0 radical (unpaired) electrons. The summed E-state index contributed by atoms with van der Waals surface area (Å²) in [5.41, 5.74) is 4.57. The Kier molecular flexibility index (Phi) is 9.46. The van der Waals surface area contributed by atoms with E-state index in [9.17, 15) is 28.2 Å². The summed E-state index contributed by atoms with van der Waals surface area (Å²) in [6.07, 6.45) is 6.01. The molecule has 0 aromatic heterocycles. The van der Waals surface area contributed by atoms with Crippen molar-refractivity contribution >= 4 is 27.6 Å². The van der Waals surface area contributed by atoms with Crippen LogP contribution in [0.1, 0.15) is 65.1 Å². The number of aryl methyl sites for hydroxylation is 1. The fourth-order valence-corrected chi connectivity index (χ4v) is 6.84. The maximum Gasteiger partial charge on any atom is 0.339 e. The Labute approximate surface area is 258 Å². The monoisotopic (exact) mass is 612 g/mol. The van der Waals surface area contributed by atoms with Gasteiger partial charge >= 0.3 is 5.97 Å². The van der Waals surface area contributed by atoms with Crippen molar-refractivity contribution in [2.24, 2.45) is 0 Å². The zero-order chi connectivity index (χ0) is 31.3. The molecule has 0 spiro atoms. The molecule has 1 fully saturated rings. The fourth-order valence-electron chi connectivity index (χ4n) is 5.78. The molecule has 4 aromatic carbocycles. The van der Waals surface area contributed by atoms with E-state index in [0.29, 0.717) is 5.92 Å². The zero-order valence-electron chi connectivity index (χ0n) is 24.6. The third-order valence-corrected chi connectivity index (χ3v) is 9.63. The lowest BCUT2D eigenvalue weighted by atomic mass is 9.84. The van der Waals surface area contributed by atoms with Gasteiger partial charge in [-0.1, -0.05) is 79.9 Å². The third kappa shape index (κ3) is 7.18. The number of carboxylic acid groups (broad SMARTS) is 1. The second-order valence-corrected chi connectivity index (χ2v) is 13.0. The quantitative estimate of drug-likeness (QED) is 0.185. The van der Waals surface area contributed by atoms with Crippen LogP contribution < -0.4 is 9.62 Å². The van der Waals surface area contributed by atoms with E-state index in [1.807, 2.05) is 49.4 Å². The Morgan fingerprint density at radius 3 is 2.25 bits per heavy atom. The number of carbonyl (C=O) groups excluding carboxylic acids is 1. The highest BCUT2D eigenvalue weighted by Gasteiger charge is 2.23. The van der Waals surface area contributed by atoms with Crippen molar-refractivity contribution < 1.29 is 28.2 Å². The number of hydrogen-bond acceptors (Lipinski definition) is 5. The van der Waals surface area contributed by atoms with Crippen LogP contribution in [0.2, 0.25) is 0 Å². The van der Waals surface area contributed by atoms with Crippen molar-refractivity contribution in [3.63, 3.8) is 0 Å². The average Bonchev–Trinajstić information content (AvgIpc) is 3.04. The minimum absolute atomic E-state index is 0.0325. The minimum atomic E-state index is -4.04. The molecule has 228 valence electrons. The molecule has 44 heavy (non-hydrogen) atoms. The molecule has 0 unspecified atom stereocenters. The first-order valence-electron chi connectivity index (χ1n) is 14.7. The van der Waals surface area contributed by atoms with Crippen LogP contribution in [0.3, 0.4) is 0 Å². The molecule has 0 saturated heterocycles. The second-order valence-electron chi connectivity index (χ2n) is 11.2. The van der Waals surface area contributed by atoms with Crippen LogP contribution in [-0.4, -0.2) is 37.1 Å². The SMILES string of the molecule is Cc1cc(S(=O)(=O)NCC(=O)N(Cc2ccc(C3CCCCC3)cc2)c2ccc(O)c(C(=O)O)c2)ccc1-c1ccccc1. The molecule has 4 aromatic rings. The average molecular weight is 613 g/mol. The summed E-state index contributed by atoms with van der Waals surface area (Å²) in [6, 6.07) is 26.4. The Bertz CT molecular complexity index is 1750. The summed E-state index contributed by atoms with van der Waals surface area (Å²) < 4.78 is 28.9. The highest BCUT2D eigenvalue weighted by Crippen LogP contribution is 2.33. The Morgan fingerprint density at radius 2 is 1.59 bits per heavy atom. The third-order valence-electron chi connectivity index (χ3n) is 8.23. The number of nitrogens with zero attached hydrogens (tertiary/aromatic N) is 1. The first kappa shape index (κ1) is 31.0. The number of nitrogens with one attached hydrogen (secondary N) is 1. The molecule has 5 rings (SSSR count). The van der Waals surface area contributed by atoms with Crippen LogP contribution in [-0.2, 0) is 21.4 Å². The van der Waals surface area contributed by atoms with Crippen molar-refractivity contribution in [1.82, 2.24) is 4.72 Å². The molecule has 0 atom stereocenters. The van der Waals surface area contributed by atoms with Gasteiger partial charge in [0, 0.05) is 5.69 Å². The number of sulfonamides is 1. The number of rotatable bonds is 10. The van der Waals surface area contributed by atoms with E-state index in [-0.39, 0.29) is 22.7 Å². The molecule has 0 heterocycles. The number of aromatic carboxylic acids is 1. The van der Waals surface area contributed by atoms with Crippen molar-refractivity contribution in [3.05, 3.63) is 113 Å². The standard InChI is InChI=1S/C35H36N2O6S/c1-24-20-30(17-18-31(24)28-10-6-3-7-11-28)44(42,43)36-22-34(39)37(29-16-19-33(38)32(21-29)35(40)41)23-25-12-14-27(15-13-25)26-8-4-2-5-9-26/h3,6-7,10-21,26,36,38H,2,4-5,8-9,22-23H2,1H3,(H,40,41). The number of benzene rings is 4.